The number of hydrogen-bond acceptors (Lipinski definition) is 5. The summed E-state index contributed by atoms with van der Waals surface area (Å²) >= 11 is 0. The Kier molecular flexibility index (Phi) is 4.23. The van der Waals surface area contributed by atoms with Crippen molar-refractivity contribution in [2.75, 3.05) is 19.0 Å². The van der Waals surface area contributed by atoms with E-state index in [0.29, 0.717) is 5.56 Å². The minimum atomic E-state index is -1.07. The van der Waals surface area contributed by atoms with Crippen LogP contribution in [0.25, 0.3) is 0 Å². The Morgan fingerprint density at radius 1 is 1.44 bits per heavy atom. The van der Waals surface area contributed by atoms with Gasteiger partial charge in [0.2, 0.25) is 0 Å². The molecule has 16 heavy (non-hydrogen) atoms. The van der Waals surface area contributed by atoms with Gasteiger partial charge in [0.25, 0.3) is 0 Å². The highest BCUT2D eigenvalue weighted by atomic mass is 16.3. The zero-order valence-corrected chi connectivity index (χ0v) is 9.33. The van der Waals surface area contributed by atoms with Gasteiger partial charge in [0.1, 0.15) is 11.9 Å². The number of pyridine rings is 1. The van der Waals surface area contributed by atoms with Crippen LogP contribution in [-0.4, -0.2) is 35.4 Å². The summed E-state index contributed by atoms with van der Waals surface area (Å²) in [6, 6.07) is 5.24. The second-order valence-corrected chi connectivity index (χ2v) is 3.72. The first-order chi connectivity index (χ1) is 7.56. The fraction of sp³-hybridized carbons (Fsp3) is 0.455. The molecule has 2 atom stereocenters. The summed E-state index contributed by atoms with van der Waals surface area (Å²) in [5, 5.41) is 27.5. The molecule has 0 aliphatic carbocycles. The third-order valence-corrected chi connectivity index (χ3v) is 2.24. The molecule has 1 aromatic heterocycles. The zero-order chi connectivity index (χ0) is 12.1. The van der Waals surface area contributed by atoms with Crippen LogP contribution in [-0.2, 0) is 0 Å². The molecule has 0 bridgehead atoms. The second-order valence-electron chi connectivity index (χ2n) is 3.72. The third kappa shape index (κ3) is 2.92. The average molecular weight is 221 g/mol. The van der Waals surface area contributed by atoms with Crippen LogP contribution in [0.3, 0.4) is 0 Å². The summed E-state index contributed by atoms with van der Waals surface area (Å²) in [4.78, 5) is 5.95. The number of nitrogens with zero attached hydrogens (tertiary/aromatic N) is 3. The molecule has 5 heteroatoms. The molecule has 0 aliphatic rings. The maximum Gasteiger partial charge on any atom is 0.127 e. The van der Waals surface area contributed by atoms with E-state index in [2.05, 4.69) is 4.98 Å². The minimum absolute atomic E-state index is 0.101. The molecule has 0 aromatic carbocycles. The molecular formula is C11H15N3O2. The molecule has 0 saturated heterocycles. The van der Waals surface area contributed by atoms with E-state index in [1.54, 1.807) is 12.1 Å². The topological polar surface area (TPSA) is 80.4 Å². The number of nitriles is 1. The molecule has 0 amide bonds. The van der Waals surface area contributed by atoms with E-state index in [9.17, 15) is 10.2 Å². The molecule has 1 heterocycles. The molecule has 5 nitrogen and oxygen atoms in total. The predicted octanol–water partition coefficient (Wildman–Crippen LogP) is 0.456. The van der Waals surface area contributed by atoms with Crippen molar-refractivity contribution in [1.82, 2.24) is 4.98 Å². The van der Waals surface area contributed by atoms with Crippen molar-refractivity contribution in [3.63, 3.8) is 0 Å². The number of rotatable bonds is 4. The first-order valence-corrected chi connectivity index (χ1v) is 4.92. The fourth-order valence-electron chi connectivity index (χ4n) is 1.26. The Balaban J connectivity index is 2.78. The second kappa shape index (κ2) is 5.45. The first kappa shape index (κ1) is 12.4. The number of aliphatic hydroxyl groups excluding tert-OH is 2. The van der Waals surface area contributed by atoms with Crippen molar-refractivity contribution in [1.29, 1.82) is 5.26 Å². The first-order valence-electron chi connectivity index (χ1n) is 4.92. The van der Waals surface area contributed by atoms with Crippen molar-refractivity contribution < 1.29 is 10.2 Å². The molecule has 0 saturated carbocycles. The normalized spacial score (nSPS) is 13.9. The van der Waals surface area contributed by atoms with Gasteiger partial charge in [-0.1, -0.05) is 6.07 Å². The lowest BCUT2D eigenvalue weighted by atomic mass is 10.0. The van der Waals surface area contributed by atoms with Crippen molar-refractivity contribution >= 4 is 5.82 Å². The van der Waals surface area contributed by atoms with Crippen LogP contribution in [0, 0.1) is 11.3 Å². The highest BCUT2D eigenvalue weighted by molar-refractivity contribution is 5.37. The lowest BCUT2D eigenvalue weighted by Crippen LogP contribution is -2.18. The molecule has 86 valence electrons. The molecule has 1 rings (SSSR count). The van der Waals surface area contributed by atoms with Gasteiger partial charge in [0.05, 0.1) is 18.6 Å². The van der Waals surface area contributed by atoms with Gasteiger partial charge in [-0.15, -0.1) is 0 Å². The maximum absolute atomic E-state index is 9.69. The summed E-state index contributed by atoms with van der Waals surface area (Å²) < 4.78 is 0. The summed E-state index contributed by atoms with van der Waals surface area (Å²) in [7, 11) is 3.73. The summed E-state index contributed by atoms with van der Waals surface area (Å²) in [6.45, 7) is 0. The van der Waals surface area contributed by atoms with Gasteiger partial charge < -0.3 is 15.1 Å². The van der Waals surface area contributed by atoms with Gasteiger partial charge in [-0.3, -0.25) is 0 Å². The van der Waals surface area contributed by atoms with Crippen molar-refractivity contribution in [3.8, 4) is 6.07 Å². The number of aromatic nitrogens is 1. The van der Waals surface area contributed by atoms with E-state index >= 15 is 0 Å². The van der Waals surface area contributed by atoms with Crippen LogP contribution in [0.1, 0.15) is 18.1 Å². The van der Waals surface area contributed by atoms with Gasteiger partial charge in [-0.05, 0) is 6.07 Å². The van der Waals surface area contributed by atoms with E-state index in [1.807, 2.05) is 25.1 Å². The molecule has 0 aliphatic heterocycles. The number of hydrogen-bond donors (Lipinski definition) is 2. The van der Waals surface area contributed by atoms with E-state index in [1.165, 1.54) is 6.20 Å². The minimum Gasteiger partial charge on any atom is -0.389 e. The quantitative estimate of drug-likeness (QED) is 0.771. The molecule has 0 spiro atoms. The summed E-state index contributed by atoms with van der Waals surface area (Å²) in [5.74, 6) is 0.769. The molecule has 2 N–H and O–H groups in total. The lowest BCUT2D eigenvalue weighted by Gasteiger charge is -2.16. The van der Waals surface area contributed by atoms with E-state index in [-0.39, 0.29) is 6.42 Å². The SMILES string of the molecule is CN(C)c1ccc(C(O)C(O)CC#N)cn1. The summed E-state index contributed by atoms with van der Waals surface area (Å²) in [6.07, 6.45) is -0.739. The van der Waals surface area contributed by atoms with Crippen molar-refractivity contribution in [2.45, 2.75) is 18.6 Å². The van der Waals surface area contributed by atoms with Crippen LogP contribution >= 0.6 is 0 Å². The number of anilines is 1. The highest BCUT2D eigenvalue weighted by Crippen LogP contribution is 2.19. The Bertz CT molecular complexity index is 370. The molecule has 2 unspecified atom stereocenters. The number of aliphatic hydroxyl groups is 2. The van der Waals surface area contributed by atoms with Crippen LogP contribution < -0.4 is 4.90 Å². The smallest absolute Gasteiger partial charge is 0.127 e. The zero-order valence-electron chi connectivity index (χ0n) is 9.33. The standard InChI is InChI=1S/C11H15N3O2/c1-14(2)10-4-3-8(7-13-10)11(16)9(15)5-6-12/h3-4,7,9,11,15-16H,5H2,1-2H3. The summed E-state index contributed by atoms with van der Waals surface area (Å²) in [5.41, 5.74) is 0.508. The Morgan fingerprint density at radius 2 is 2.12 bits per heavy atom. The van der Waals surface area contributed by atoms with Crippen LogP contribution in [0.5, 0.6) is 0 Å². The highest BCUT2D eigenvalue weighted by Gasteiger charge is 2.18. The van der Waals surface area contributed by atoms with E-state index in [0.717, 1.165) is 5.82 Å². The van der Waals surface area contributed by atoms with Gasteiger partial charge in [0, 0.05) is 25.9 Å². The Hall–Kier alpha value is -1.64. The van der Waals surface area contributed by atoms with Gasteiger partial charge in [0.15, 0.2) is 0 Å². The predicted molar refractivity (Wildman–Crippen MR) is 59.8 cm³/mol. The van der Waals surface area contributed by atoms with Crippen LogP contribution in [0.2, 0.25) is 0 Å². The van der Waals surface area contributed by atoms with E-state index in [4.69, 9.17) is 5.26 Å². The molecular weight excluding hydrogens is 206 g/mol. The lowest BCUT2D eigenvalue weighted by molar-refractivity contribution is 0.0214. The molecule has 1 aromatic rings. The van der Waals surface area contributed by atoms with E-state index < -0.39 is 12.2 Å². The Labute approximate surface area is 94.6 Å². The van der Waals surface area contributed by atoms with Crippen LogP contribution in [0.4, 0.5) is 5.82 Å². The van der Waals surface area contributed by atoms with Gasteiger partial charge in [-0.2, -0.15) is 5.26 Å². The van der Waals surface area contributed by atoms with Crippen molar-refractivity contribution in [3.05, 3.63) is 23.9 Å². The van der Waals surface area contributed by atoms with Gasteiger partial charge in [-0.25, -0.2) is 4.98 Å². The Morgan fingerprint density at radius 3 is 2.56 bits per heavy atom. The average Bonchev–Trinajstić information content (AvgIpc) is 2.28. The third-order valence-electron chi connectivity index (χ3n) is 2.24. The molecule has 0 radical (unpaired) electrons. The monoisotopic (exact) mass is 221 g/mol. The largest absolute Gasteiger partial charge is 0.389 e. The molecule has 0 fully saturated rings. The van der Waals surface area contributed by atoms with Crippen LogP contribution in [0.15, 0.2) is 18.3 Å². The van der Waals surface area contributed by atoms with Crippen molar-refractivity contribution in [2.24, 2.45) is 0 Å². The fourth-order valence-corrected chi connectivity index (χ4v) is 1.26. The van der Waals surface area contributed by atoms with Gasteiger partial charge >= 0.3 is 0 Å². The maximum atomic E-state index is 9.69.